The topological polar surface area (TPSA) is 48.5 Å². The van der Waals surface area contributed by atoms with Gasteiger partial charge in [0.2, 0.25) is 0 Å². The van der Waals surface area contributed by atoms with Crippen LogP contribution in [0.5, 0.6) is 0 Å². The molecular weight excluding hydrogens is 295 g/mol. The van der Waals surface area contributed by atoms with Crippen molar-refractivity contribution >= 4 is 23.2 Å². The van der Waals surface area contributed by atoms with E-state index in [0.29, 0.717) is 25.3 Å². The van der Waals surface area contributed by atoms with Crippen molar-refractivity contribution in [2.45, 2.75) is 0 Å². The average Bonchev–Trinajstić information content (AvgIpc) is 2.57. The van der Waals surface area contributed by atoms with E-state index in [1.165, 1.54) is 24.3 Å². The number of aromatic nitrogens is 1. The van der Waals surface area contributed by atoms with Gasteiger partial charge in [-0.25, -0.2) is 14.2 Å². The Morgan fingerprint density at radius 2 is 2.09 bits per heavy atom. The Hall–Kier alpha value is -2.89. The maximum absolute atomic E-state index is 12.9. The second-order valence-electron chi connectivity index (χ2n) is 5.17. The molecule has 1 aromatic carbocycles. The summed E-state index contributed by atoms with van der Waals surface area (Å²) in [5.41, 5.74) is 1.30. The summed E-state index contributed by atoms with van der Waals surface area (Å²) in [7, 11) is 0. The molecule has 2 aromatic rings. The number of rotatable bonds is 3. The van der Waals surface area contributed by atoms with Crippen LogP contribution in [0.25, 0.3) is 0 Å². The summed E-state index contributed by atoms with van der Waals surface area (Å²) in [6, 6.07) is 9.09. The standard InChI is InChI=1S/C17H17FN4O/c1-2-10-21-11-12-22(15-4-3-9-19-16(15)21)17(23)20-14-7-5-13(18)6-8-14/h2-9H,1,10-12H2,(H,20,23). The zero-order valence-corrected chi connectivity index (χ0v) is 12.6. The molecule has 1 N–H and O–H groups in total. The van der Waals surface area contributed by atoms with Crippen LogP contribution >= 0.6 is 0 Å². The molecular formula is C17H17FN4O. The number of pyridine rings is 1. The van der Waals surface area contributed by atoms with Crippen molar-refractivity contribution in [3.63, 3.8) is 0 Å². The molecule has 0 unspecified atom stereocenters. The molecule has 2 heterocycles. The van der Waals surface area contributed by atoms with E-state index in [0.717, 1.165) is 11.5 Å². The summed E-state index contributed by atoms with van der Waals surface area (Å²) in [5.74, 6) is 0.420. The van der Waals surface area contributed by atoms with E-state index in [4.69, 9.17) is 0 Å². The first kappa shape index (κ1) is 15.0. The van der Waals surface area contributed by atoms with E-state index in [1.54, 1.807) is 17.2 Å². The molecule has 0 saturated carbocycles. The quantitative estimate of drug-likeness (QED) is 0.885. The number of fused-ring (bicyclic) bond motifs is 1. The molecule has 0 aliphatic carbocycles. The van der Waals surface area contributed by atoms with Crippen molar-refractivity contribution in [2.24, 2.45) is 0 Å². The number of hydrogen-bond acceptors (Lipinski definition) is 3. The summed E-state index contributed by atoms with van der Waals surface area (Å²) < 4.78 is 12.9. The van der Waals surface area contributed by atoms with E-state index in [-0.39, 0.29) is 11.8 Å². The smallest absolute Gasteiger partial charge is 0.326 e. The number of urea groups is 1. The van der Waals surface area contributed by atoms with Crippen LogP contribution in [0, 0.1) is 5.82 Å². The summed E-state index contributed by atoms with van der Waals surface area (Å²) in [6.45, 7) is 5.64. The minimum absolute atomic E-state index is 0.260. The van der Waals surface area contributed by atoms with Crippen LogP contribution in [0.2, 0.25) is 0 Å². The van der Waals surface area contributed by atoms with Crippen molar-refractivity contribution in [3.8, 4) is 0 Å². The number of carbonyl (C=O) groups excluding carboxylic acids is 1. The van der Waals surface area contributed by atoms with Gasteiger partial charge in [0.05, 0.1) is 5.69 Å². The maximum Gasteiger partial charge on any atom is 0.326 e. The second-order valence-corrected chi connectivity index (χ2v) is 5.17. The van der Waals surface area contributed by atoms with Gasteiger partial charge in [-0.1, -0.05) is 6.08 Å². The molecule has 0 radical (unpaired) electrons. The molecule has 0 atom stereocenters. The second kappa shape index (κ2) is 6.48. The van der Waals surface area contributed by atoms with Crippen molar-refractivity contribution in [2.75, 3.05) is 34.8 Å². The first-order valence-electron chi connectivity index (χ1n) is 7.34. The fraction of sp³-hybridized carbons (Fsp3) is 0.176. The van der Waals surface area contributed by atoms with Crippen molar-refractivity contribution < 1.29 is 9.18 Å². The van der Waals surface area contributed by atoms with Crippen molar-refractivity contribution in [3.05, 3.63) is 61.1 Å². The lowest BCUT2D eigenvalue weighted by molar-refractivity contribution is 0.256. The first-order chi connectivity index (χ1) is 11.2. The van der Waals surface area contributed by atoms with Gasteiger partial charge in [-0.2, -0.15) is 0 Å². The van der Waals surface area contributed by atoms with E-state index >= 15 is 0 Å². The lowest BCUT2D eigenvalue weighted by atomic mass is 10.2. The Bertz CT molecular complexity index is 717. The number of nitrogens with one attached hydrogen (secondary N) is 1. The third-order valence-corrected chi connectivity index (χ3v) is 3.64. The number of benzene rings is 1. The summed E-state index contributed by atoms with van der Waals surface area (Å²) in [6.07, 6.45) is 3.52. The number of anilines is 3. The van der Waals surface area contributed by atoms with Crippen LogP contribution < -0.4 is 15.1 Å². The molecule has 0 bridgehead atoms. The number of nitrogens with zero attached hydrogens (tertiary/aromatic N) is 3. The monoisotopic (exact) mass is 312 g/mol. The highest BCUT2D eigenvalue weighted by atomic mass is 19.1. The van der Waals surface area contributed by atoms with Gasteiger partial charge in [-0.05, 0) is 36.4 Å². The molecule has 1 aliphatic rings. The van der Waals surface area contributed by atoms with Gasteiger partial charge in [-0.15, -0.1) is 6.58 Å². The fourth-order valence-electron chi connectivity index (χ4n) is 2.56. The van der Waals surface area contributed by atoms with Crippen LogP contribution in [0.15, 0.2) is 55.3 Å². The zero-order valence-electron chi connectivity index (χ0n) is 12.6. The van der Waals surface area contributed by atoms with E-state index in [2.05, 4.69) is 21.8 Å². The average molecular weight is 312 g/mol. The third kappa shape index (κ3) is 3.15. The lowest BCUT2D eigenvalue weighted by Gasteiger charge is -2.36. The molecule has 0 spiro atoms. The summed E-state index contributed by atoms with van der Waals surface area (Å²) >= 11 is 0. The molecule has 6 heteroatoms. The number of halogens is 1. The third-order valence-electron chi connectivity index (χ3n) is 3.64. The SMILES string of the molecule is C=CCN1CCN(C(=O)Nc2ccc(F)cc2)c2cccnc21. The van der Waals surface area contributed by atoms with Gasteiger partial charge >= 0.3 is 6.03 Å². The maximum atomic E-state index is 12.9. The molecule has 2 amide bonds. The highest BCUT2D eigenvalue weighted by Gasteiger charge is 2.27. The Balaban J connectivity index is 1.82. The number of amides is 2. The van der Waals surface area contributed by atoms with Gasteiger partial charge < -0.3 is 10.2 Å². The Morgan fingerprint density at radius 1 is 1.30 bits per heavy atom. The van der Waals surface area contributed by atoms with E-state index in [9.17, 15) is 9.18 Å². The lowest BCUT2D eigenvalue weighted by Crippen LogP contribution is -2.46. The van der Waals surface area contributed by atoms with Crippen molar-refractivity contribution in [1.29, 1.82) is 0 Å². The predicted molar refractivity (Wildman–Crippen MR) is 89.4 cm³/mol. The van der Waals surface area contributed by atoms with Crippen LogP contribution in [-0.4, -0.2) is 30.6 Å². The Morgan fingerprint density at radius 3 is 2.83 bits per heavy atom. The molecule has 118 valence electrons. The van der Waals surface area contributed by atoms with Gasteiger partial charge in [0, 0.05) is 31.5 Å². The zero-order chi connectivity index (χ0) is 16.2. The minimum Gasteiger partial charge on any atom is -0.349 e. The van der Waals surface area contributed by atoms with Crippen LogP contribution in [0.1, 0.15) is 0 Å². The number of hydrogen-bond donors (Lipinski definition) is 1. The Kier molecular flexibility index (Phi) is 4.23. The normalized spacial score (nSPS) is 13.4. The van der Waals surface area contributed by atoms with Crippen LogP contribution in [0.4, 0.5) is 26.4 Å². The molecule has 3 rings (SSSR count). The molecule has 5 nitrogen and oxygen atoms in total. The van der Waals surface area contributed by atoms with Crippen LogP contribution in [0.3, 0.4) is 0 Å². The van der Waals surface area contributed by atoms with Crippen LogP contribution in [-0.2, 0) is 0 Å². The van der Waals surface area contributed by atoms with Gasteiger partial charge in [-0.3, -0.25) is 4.90 Å². The van der Waals surface area contributed by atoms with Crippen molar-refractivity contribution in [1.82, 2.24) is 4.98 Å². The van der Waals surface area contributed by atoms with E-state index in [1.807, 2.05) is 12.1 Å². The van der Waals surface area contributed by atoms with E-state index < -0.39 is 0 Å². The highest BCUT2D eigenvalue weighted by Crippen LogP contribution is 2.30. The minimum atomic E-state index is -0.337. The van der Waals surface area contributed by atoms with Gasteiger partial charge in [0.25, 0.3) is 0 Å². The van der Waals surface area contributed by atoms with Gasteiger partial charge in [0.15, 0.2) is 5.82 Å². The summed E-state index contributed by atoms with van der Waals surface area (Å²) in [4.78, 5) is 20.6. The van der Waals surface area contributed by atoms with Gasteiger partial charge in [0.1, 0.15) is 5.82 Å². The number of carbonyl (C=O) groups is 1. The molecule has 1 aromatic heterocycles. The fourth-order valence-corrected chi connectivity index (χ4v) is 2.56. The summed E-state index contributed by atoms with van der Waals surface area (Å²) in [5, 5.41) is 2.78. The highest BCUT2D eigenvalue weighted by molar-refractivity contribution is 6.04. The molecule has 1 aliphatic heterocycles. The molecule has 0 fully saturated rings. The first-order valence-corrected chi connectivity index (χ1v) is 7.34. The molecule has 0 saturated heterocycles. The largest absolute Gasteiger partial charge is 0.349 e. The predicted octanol–water partition coefficient (Wildman–Crippen LogP) is 3.27. The Labute approximate surface area is 134 Å². The molecule has 23 heavy (non-hydrogen) atoms.